The van der Waals surface area contributed by atoms with Crippen molar-refractivity contribution in [2.45, 2.75) is 110 Å². The van der Waals surface area contributed by atoms with E-state index in [0.717, 1.165) is 30.2 Å². The molecule has 0 rings (SSSR count). The third-order valence-electron chi connectivity index (χ3n) is 3.99. The SMILES string of the molecule is CCCCCCCCCCCCCCCCCC(=O)O.[O]=[V]. The number of unbranched alkanes of at least 4 members (excludes halogenated alkanes) is 14. The molecule has 0 aromatic heterocycles. The summed E-state index contributed by atoms with van der Waals surface area (Å²) in [5.41, 5.74) is 0. The van der Waals surface area contributed by atoms with Gasteiger partial charge < -0.3 is 5.11 Å². The van der Waals surface area contributed by atoms with E-state index in [1.54, 1.807) is 0 Å². The first-order valence-electron chi connectivity index (χ1n) is 9.17. The van der Waals surface area contributed by atoms with Crippen molar-refractivity contribution in [3.63, 3.8) is 0 Å². The van der Waals surface area contributed by atoms with Crippen LogP contribution >= 0.6 is 0 Å². The normalized spacial score (nSPS) is 10.0. The van der Waals surface area contributed by atoms with Crippen LogP contribution in [0.2, 0.25) is 0 Å². The molecule has 131 valence electrons. The predicted molar refractivity (Wildman–Crippen MR) is 87.9 cm³/mol. The summed E-state index contributed by atoms with van der Waals surface area (Å²) in [4.78, 5) is 10.3. The molecule has 4 heteroatoms. The Kier molecular flexibility index (Phi) is 25.3. The van der Waals surface area contributed by atoms with Gasteiger partial charge in [-0.25, -0.2) is 0 Å². The molecule has 0 aliphatic carbocycles. The molecular weight excluding hydrogens is 315 g/mol. The maximum atomic E-state index is 10.3. The van der Waals surface area contributed by atoms with Crippen molar-refractivity contribution >= 4 is 5.97 Å². The van der Waals surface area contributed by atoms with Crippen LogP contribution in [0.5, 0.6) is 0 Å². The second kappa shape index (κ2) is 23.1. The summed E-state index contributed by atoms with van der Waals surface area (Å²) in [6.07, 6.45) is 20.2. The molecule has 0 aliphatic heterocycles. The van der Waals surface area contributed by atoms with E-state index in [2.05, 4.69) is 6.92 Å². The van der Waals surface area contributed by atoms with E-state index in [4.69, 9.17) is 8.78 Å². The fourth-order valence-electron chi connectivity index (χ4n) is 2.65. The fourth-order valence-corrected chi connectivity index (χ4v) is 2.65. The molecule has 0 saturated carbocycles. The zero-order chi connectivity index (χ0) is 16.9. The van der Waals surface area contributed by atoms with Crippen LogP contribution in [0.1, 0.15) is 110 Å². The van der Waals surface area contributed by atoms with Crippen molar-refractivity contribution < 1.29 is 30.9 Å². The molecule has 3 nitrogen and oxygen atoms in total. The molecule has 0 aromatic carbocycles. The van der Waals surface area contributed by atoms with Crippen molar-refractivity contribution in [3.8, 4) is 0 Å². The summed E-state index contributed by atoms with van der Waals surface area (Å²) in [6, 6.07) is 0. The van der Waals surface area contributed by atoms with Gasteiger partial charge in [0.1, 0.15) is 0 Å². The second-order valence-corrected chi connectivity index (χ2v) is 6.09. The molecule has 0 aliphatic rings. The van der Waals surface area contributed by atoms with Gasteiger partial charge in [0.2, 0.25) is 0 Å². The van der Waals surface area contributed by atoms with E-state index >= 15 is 0 Å². The Bertz CT molecular complexity index is 222. The molecule has 0 atom stereocenters. The molecule has 0 aromatic rings. The van der Waals surface area contributed by atoms with E-state index in [1.807, 2.05) is 0 Å². The Morgan fingerprint density at radius 2 is 0.909 bits per heavy atom. The van der Waals surface area contributed by atoms with Gasteiger partial charge in [0, 0.05) is 6.42 Å². The quantitative estimate of drug-likeness (QED) is 0.336. The zero-order valence-electron chi connectivity index (χ0n) is 14.5. The minimum absolute atomic E-state index is 0.345. The second-order valence-electron chi connectivity index (χ2n) is 6.09. The fraction of sp³-hybridized carbons (Fsp3) is 0.944. The Morgan fingerprint density at radius 3 is 1.18 bits per heavy atom. The molecule has 0 fully saturated rings. The van der Waals surface area contributed by atoms with Crippen LogP contribution in [0.4, 0.5) is 0 Å². The van der Waals surface area contributed by atoms with Gasteiger partial charge in [0.15, 0.2) is 0 Å². The van der Waals surface area contributed by atoms with Gasteiger partial charge in [-0.2, -0.15) is 0 Å². The summed E-state index contributed by atoms with van der Waals surface area (Å²) < 4.78 is 8.19. The first-order valence-corrected chi connectivity index (χ1v) is 9.74. The van der Waals surface area contributed by atoms with Gasteiger partial charge in [-0.05, 0) is 6.42 Å². The van der Waals surface area contributed by atoms with Crippen LogP contribution in [0.3, 0.4) is 0 Å². The Balaban J connectivity index is 0. The maximum absolute atomic E-state index is 10.3. The van der Waals surface area contributed by atoms with Gasteiger partial charge in [-0.15, -0.1) is 0 Å². The predicted octanol–water partition coefficient (Wildman–Crippen LogP) is 6.21. The summed E-state index contributed by atoms with van der Waals surface area (Å²) >= 11 is 1.06. The number of carboxylic acid groups (broad SMARTS) is 1. The van der Waals surface area contributed by atoms with E-state index in [1.165, 1.54) is 83.5 Å². The molecule has 0 unspecified atom stereocenters. The molecule has 0 radical (unpaired) electrons. The number of aliphatic carboxylic acids is 1. The standard InChI is InChI=1S/C18H36O2.O.V/c1-2-3-4-5-6-7-8-9-10-11-12-13-14-15-16-17-18(19)20;;/h2-17H2,1H3,(H,19,20);;. The molecule has 0 bridgehead atoms. The minimum atomic E-state index is -0.653. The topological polar surface area (TPSA) is 54.4 Å². The van der Waals surface area contributed by atoms with Crippen molar-refractivity contribution in [1.29, 1.82) is 0 Å². The van der Waals surface area contributed by atoms with Gasteiger partial charge >= 0.3 is 27.0 Å². The Morgan fingerprint density at radius 1 is 0.636 bits per heavy atom. The molecule has 22 heavy (non-hydrogen) atoms. The van der Waals surface area contributed by atoms with Gasteiger partial charge in [0.05, 0.1) is 0 Å². The van der Waals surface area contributed by atoms with Gasteiger partial charge in [0.25, 0.3) is 0 Å². The van der Waals surface area contributed by atoms with Crippen molar-refractivity contribution in [3.05, 3.63) is 0 Å². The first kappa shape index (κ1) is 24.1. The average molecular weight is 351 g/mol. The van der Waals surface area contributed by atoms with Crippen LogP contribution in [-0.2, 0) is 25.8 Å². The van der Waals surface area contributed by atoms with Crippen molar-refractivity contribution in [2.24, 2.45) is 0 Å². The third kappa shape index (κ3) is 24.8. The summed E-state index contributed by atoms with van der Waals surface area (Å²) in [5, 5.41) is 8.52. The van der Waals surface area contributed by atoms with Crippen molar-refractivity contribution in [1.82, 2.24) is 0 Å². The number of carboxylic acids is 1. The third-order valence-corrected chi connectivity index (χ3v) is 3.99. The number of rotatable bonds is 16. The number of hydrogen-bond donors (Lipinski definition) is 1. The van der Waals surface area contributed by atoms with E-state index in [0.29, 0.717) is 6.42 Å². The molecule has 0 amide bonds. The van der Waals surface area contributed by atoms with Crippen LogP contribution in [0.15, 0.2) is 0 Å². The van der Waals surface area contributed by atoms with Gasteiger partial charge in [-0.3, -0.25) is 4.79 Å². The first-order chi connectivity index (χ1) is 10.8. The molecule has 0 spiro atoms. The van der Waals surface area contributed by atoms with E-state index in [-0.39, 0.29) is 0 Å². The van der Waals surface area contributed by atoms with Crippen LogP contribution < -0.4 is 0 Å². The van der Waals surface area contributed by atoms with Crippen molar-refractivity contribution in [2.75, 3.05) is 0 Å². The Hall–Kier alpha value is -0.146. The number of hydrogen-bond acceptors (Lipinski definition) is 2. The molecular formula is C18H36O3V. The summed E-state index contributed by atoms with van der Waals surface area (Å²) in [7, 11) is 0. The molecule has 0 saturated heterocycles. The Labute approximate surface area is 146 Å². The van der Waals surface area contributed by atoms with Crippen LogP contribution in [0, 0.1) is 0 Å². The van der Waals surface area contributed by atoms with E-state index < -0.39 is 5.97 Å². The molecule has 0 heterocycles. The van der Waals surface area contributed by atoms with Crippen LogP contribution in [-0.4, -0.2) is 11.1 Å². The van der Waals surface area contributed by atoms with Crippen LogP contribution in [0.25, 0.3) is 0 Å². The van der Waals surface area contributed by atoms with Gasteiger partial charge in [-0.1, -0.05) is 96.8 Å². The van der Waals surface area contributed by atoms with E-state index in [9.17, 15) is 4.79 Å². The summed E-state index contributed by atoms with van der Waals surface area (Å²) in [5.74, 6) is -0.653. The summed E-state index contributed by atoms with van der Waals surface area (Å²) in [6.45, 7) is 2.27. The average Bonchev–Trinajstić information content (AvgIpc) is 2.53. The monoisotopic (exact) mass is 351 g/mol. The number of carbonyl (C=O) groups is 1. The zero-order valence-corrected chi connectivity index (χ0v) is 15.9. The molecule has 1 N–H and O–H groups in total.